The summed E-state index contributed by atoms with van der Waals surface area (Å²) >= 11 is 7.45. The van der Waals surface area contributed by atoms with E-state index in [1.807, 2.05) is 5.38 Å². The number of hydrogen-bond donors (Lipinski definition) is 0. The molecule has 0 spiro atoms. The standard InChI is InChI=1S/C16H19ClN2OS/c1-12-10-20-7-6-19(12)9-13-2-4-14(5-3-13)16-18-15(8-17)11-21-16/h2-5,11-12H,6-10H2,1H3. The third kappa shape index (κ3) is 3.64. The van der Waals surface area contributed by atoms with E-state index >= 15 is 0 Å². The Morgan fingerprint density at radius 3 is 2.86 bits per heavy atom. The van der Waals surface area contributed by atoms with E-state index in [1.165, 1.54) is 5.56 Å². The van der Waals surface area contributed by atoms with E-state index in [2.05, 4.69) is 41.1 Å². The van der Waals surface area contributed by atoms with Crippen molar-refractivity contribution in [2.45, 2.75) is 25.4 Å². The highest BCUT2D eigenvalue weighted by Gasteiger charge is 2.18. The van der Waals surface area contributed by atoms with Crippen molar-refractivity contribution >= 4 is 22.9 Å². The zero-order valence-electron chi connectivity index (χ0n) is 12.1. The first-order valence-electron chi connectivity index (χ1n) is 7.18. The number of morpholine rings is 1. The molecule has 1 aromatic carbocycles. The van der Waals surface area contributed by atoms with Crippen LogP contribution in [0.3, 0.4) is 0 Å². The Morgan fingerprint density at radius 2 is 2.19 bits per heavy atom. The Balaban J connectivity index is 1.68. The minimum absolute atomic E-state index is 0.476. The summed E-state index contributed by atoms with van der Waals surface area (Å²) in [5.41, 5.74) is 3.44. The number of rotatable bonds is 4. The highest BCUT2D eigenvalue weighted by atomic mass is 35.5. The summed E-state index contributed by atoms with van der Waals surface area (Å²) in [4.78, 5) is 6.98. The molecule has 2 aromatic rings. The summed E-state index contributed by atoms with van der Waals surface area (Å²) in [6.07, 6.45) is 0. The largest absolute Gasteiger partial charge is 0.379 e. The Hall–Kier alpha value is -0.940. The highest BCUT2D eigenvalue weighted by Crippen LogP contribution is 2.25. The van der Waals surface area contributed by atoms with E-state index in [-0.39, 0.29) is 0 Å². The molecule has 1 aliphatic rings. The van der Waals surface area contributed by atoms with Gasteiger partial charge in [0.15, 0.2) is 0 Å². The van der Waals surface area contributed by atoms with Crippen molar-refractivity contribution in [1.82, 2.24) is 9.88 Å². The van der Waals surface area contributed by atoms with E-state index in [0.717, 1.165) is 42.6 Å². The summed E-state index contributed by atoms with van der Waals surface area (Å²) in [6, 6.07) is 9.18. The summed E-state index contributed by atoms with van der Waals surface area (Å²) in [6.45, 7) is 5.88. The molecule has 2 heterocycles. The Morgan fingerprint density at radius 1 is 1.38 bits per heavy atom. The zero-order chi connectivity index (χ0) is 14.7. The number of alkyl halides is 1. The molecule has 1 unspecified atom stereocenters. The maximum absolute atomic E-state index is 5.80. The molecule has 0 N–H and O–H groups in total. The van der Waals surface area contributed by atoms with Crippen molar-refractivity contribution in [1.29, 1.82) is 0 Å². The second-order valence-electron chi connectivity index (χ2n) is 5.37. The number of aromatic nitrogens is 1. The lowest BCUT2D eigenvalue weighted by Gasteiger charge is -2.33. The Kier molecular flexibility index (Phi) is 4.91. The lowest BCUT2D eigenvalue weighted by Crippen LogP contribution is -2.42. The van der Waals surface area contributed by atoms with Crippen molar-refractivity contribution in [2.75, 3.05) is 19.8 Å². The molecule has 1 fully saturated rings. The number of nitrogens with zero attached hydrogens (tertiary/aromatic N) is 2. The van der Waals surface area contributed by atoms with Gasteiger partial charge in [0.2, 0.25) is 0 Å². The molecule has 0 amide bonds. The minimum Gasteiger partial charge on any atom is -0.379 e. The van der Waals surface area contributed by atoms with Gasteiger partial charge in [-0.1, -0.05) is 24.3 Å². The van der Waals surface area contributed by atoms with Gasteiger partial charge in [0.1, 0.15) is 5.01 Å². The van der Waals surface area contributed by atoms with Crippen molar-refractivity contribution in [3.05, 3.63) is 40.9 Å². The molecule has 0 radical (unpaired) electrons. The van der Waals surface area contributed by atoms with Crippen LogP contribution in [0, 0.1) is 0 Å². The van der Waals surface area contributed by atoms with E-state index < -0.39 is 0 Å². The molecular weight excluding hydrogens is 304 g/mol. The first-order chi connectivity index (χ1) is 10.3. The molecular formula is C16H19ClN2OS. The van der Waals surface area contributed by atoms with E-state index in [4.69, 9.17) is 16.3 Å². The number of hydrogen-bond acceptors (Lipinski definition) is 4. The average Bonchev–Trinajstić information content (AvgIpc) is 2.99. The minimum atomic E-state index is 0.476. The smallest absolute Gasteiger partial charge is 0.123 e. The maximum atomic E-state index is 5.80. The molecule has 1 atom stereocenters. The summed E-state index contributed by atoms with van der Waals surface area (Å²) in [7, 11) is 0. The van der Waals surface area contributed by atoms with Gasteiger partial charge in [0.05, 0.1) is 24.8 Å². The predicted octanol–water partition coefficient (Wildman–Crippen LogP) is 3.77. The molecule has 112 valence electrons. The van der Waals surface area contributed by atoms with Crippen LogP contribution in [0.2, 0.25) is 0 Å². The van der Waals surface area contributed by atoms with Gasteiger partial charge in [-0.2, -0.15) is 0 Å². The SMILES string of the molecule is CC1COCCN1Cc1ccc(-c2nc(CCl)cs2)cc1. The van der Waals surface area contributed by atoms with Gasteiger partial charge >= 0.3 is 0 Å². The van der Waals surface area contributed by atoms with Crippen LogP contribution in [0.4, 0.5) is 0 Å². The molecule has 3 nitrogen and oxygen atoms in total. The second kappa shape index (κ2) is 6.88. The van der Waals surface area contributed by atoms with Crippen LogP contribution in [0.15, 0.2) is 29.6 Å². The zero-order valence-corrected chi connectivity index (χ0v) is 13.7. The second-order valence-corrected chi connectivity index (χ2v) is 6.49. The molecule has 5 heteroatoms. The molecule has 0 saturated carbocycles. The van der Waals surface area contributed by atoms with Crippen molar-refractivity contribution in [3.8, 4) is 10.6 Å². The highest BCUT2D eigenvalue weighted by molar-refractivity contribution is 7.13. The van der Waals surface area contributed by atoms with E-state index in [1.54, 1.807) is 11.3 Å². The van der Waals surface area contributed by atoms with Crippen molar-refractivity contribution < 1.29 is 4.74 Å². The van der Waals surface area contributed by atoms with Crippen molar-refractivity contribution in [3.63, 3.8) is 0 Å². The molecule has 21 heavy (non-hydrogen) atoms. The first-order valence-corrected chi connectivity index (χ1v) is 8.59. The predicted molar refractivity (Wildman–Crippen MR) is 87.8 cm³/mol. The maximum Gasteiger partial charge on any atom is 0.123 e. The molecule has 0 bridgehead atoms. The lowest BCUT2D eigenvalue weighted by atomic mass is 10.1. The molecule has 1 saturated heterocycles. The number of thiazole rings is 1. The van der Waals surface area contributed by atoms with Gasteiger partial charge in [-0.3, -0.25) is 4.90 Å². The summed E-state index contributed by atoms with van der Waals surface area (Å²) in [5.74, 6) is 0.476. The fourth-order valence-electron chi connectivity index (χ4n) is 2.48. The molecule has 3 rings (SSSR count). The van der Waals surface area contributed by atoms with Crippen LogP contribution >= 0.6 is 22.9 Å². The number of benzene rings is 1. The topological polar surface area (TPSA) is 25.4 Å². The first kappa shape index (κ1) is 15.0. The van der Waals surface area contributed by atoms with Gasteiger partial charge in [-0.25, -0.2) is 4.98 Å². The van der Waals surface area contributed by atoms with E-state index in [0.29, 0.717) is 11.9 Å². The summed E-state index contributed by atoms with van der Waals surface area (Å²) < 4.78 is 5.48. The van der Waals surface area contributed by atoms with Crippen LogP contribution in [0.5, 0.6) is 0 Å². The normalized spacial score (nSPS) is 19.8. The fourth-order valence-corrected chi connectivity index (χ4v) is 3.54. The van der Waals surface area contributed by atoms with E-state index in [9.17, 15) is 0 Å². The lowest BCUT2D eigenvalue weighted by molar-refractivity contribution is -0.00436. The van der Waals surface area contributed by atoms with Crippen LogP contribution in [-0.2, 0) is 17.2 Å². The third-order valence-electron chi connectivity index (χ3n) is 3.78. The van der Waals surface area contributed by atoms with Crippen LogP contribution in [0.25, 0.3) is 10.6 Å². The summed E-state index contributed by atoms with van der Waals surface area (Å²) in [5, 5.41) is 3.06. The molecule has 1 aromatic heterocycles. The fraction of sp³-hybridized carbons (Fsp3) is 0.438. The van der Waals surface area contributed by atoms with Gasteiger partial charge < -0.3 is 4.74 Å². The molecule has 1 aliphatic heterocycles. The van der Waals surface area contributed by atoms with Crippen molar-refractivity contribution in [2.24, 2.45) is 0 Å². The van der Waals surface area contributed by atoms with Crippen LogP contribution < -0.4 is 0 Å². The number of halogens is 1. The monoisotopic (exact) mass is 322 g/mol. The van der Waals surface area contributed by atoms with Gasteiger partial charge in [-0.15, -0.1) is 22.9 Å². The number of ether oxygens (including phenoxy) is 1. The average molecular weight is 323 g/mol. The van der Waals surface area contributed by atoms with Crippen LogP contribution in [-0.4, -0.2) is 35.7 Å². The van der Waals surface area contributed by atoms with Gasteiger partial charge in [-0.05, 0) is 12.5 Å². The van der Waals surface area contributed by atoms with Crippen LogP contribution in [0.1, 0.15) is 18.2 Å². The van der Waals surface area contributed by atoms with Gasteiger partial charge in [0.25, 0.3) is 0 Å². The Bertz CT molecular complexity index is 584. The van der Waals surface area contributed by atoms with Gasteiger partial charge in [0, 0.05) is 30.1 Å². The third-order valence-corrected chi connectivity index (χ3v) is 4.99. The quantitative estimate of drug-likeness (QED) is 0.801. The Labute approximate surface area is 134 Å². The molecule has 0 aliphatic carbocycles.